The Labute approximate surface area is 266 Å². The van der Waals surface area contributed by atoms with Gasteiger partial charge in [-0.05, 0) is 131 Å². The van der Waals surface area contributed by atoms with Gasteiger partial charge in [0.2, 0.25) is 17.7 Å². The molecule has 0 atom stereocenters. The van der Waals surface area contributed by atoms with E-state index in [1.54, 1.807) is 14.0 Å². The number of hydrogen-bond acceptors (Lipinski definition) is 3. The maximum Gasteiger partial charge on any atom is 0.243 e. The topological polar surface area (TPSA) is 102 Å². The Balaban J connectivity index is 1.81. The van der Waals surface area contributed by atoms with Crippen LogP contribution >= 0.6 is 0 Å². The molecule has 4 aromatic rings. The summed E-state index contributed by atoms with van der Waals surface area (Å²) in [4.78, 5) is 40.9. The second-order valence-electron chi connectivity index (χ2n) is 11.9. The molecule has 4 rings (SSSR count). The van der Waals surface area contributed by atoms with Gasteiger partial charge in [0.15, 0.2) is 0 Å². The zero-order valence-electron chi connectivity index (χ0n) is 28.3. The smallest absolute Gasteiger partial charge is 0.243 e. The summed E-state index contributed by atoms with van der Waals surface area (Å²) in [6, 6.07) is 11.8. The fourth-order valence-corrected chi connectivity index (χ4v) is 6.52. The van der Waals surface area contributed by atoms with Gasteiger partial charge in [0.25, 0.3) is 0 Å². The molecule has 1 aromatic carbocycles. The molecule has 0 aliphatic heterocycles. The molecule has 3 amide bonds. The van der Waals surface area contributed by atoms with Crippen LogP contribution in [0.3, 0.4) is 0 Å². The Kier molecular flexibility index (Phi) is 10.4. The van der Waals surface area contributed by atoms with E-state index >= 15 is 0 Å². The minimum Gasteiger partial charge on any atom is -0.273 e. The first-order valence-electron chi connectivity index (χ1n) is 15.9. The average molecular weight is 613 g/mol. The molecule has 240 valence electrons. The Morgan fingerprint density at radius 3 is 0.800 bits per heavy atom. The Morgan fingerprint density at radius 1 is 0.422 bits per heavy atom. The molecule has 3 N–H and O–H groups in total. The fourth-order valence-electron chi connectivity index (χ4n) is 6.52. The lowest BCUT2D eigenvalue weighted by Gasteiger charge is -2.26. The lowest BCUT2D eigenvalue weighted by molar-refractivity contribution is -0.117. The third kappa shape index (κ3) is 7.08. The van der Waals surface area contributed by atoms with Crippen LogP contribution in [0.25, 0.3) is 0 Å². The van der Waals surface area contributed by atoms with Crippen LogP contribution in [0, 0.1) is 41.5 Å². The van der Waals surface area contributed by atoms with Crippen LogP contribution in [-0.4, -0.2) is 31.7 Å². The molecule has 0 radical (unpaired) electrons. The molecule has 0 bridgehead atoms. The van der Waals surface area contributed by atoms with E-state index in [0.29, 0.717) is 19.3 Å². The minimum absolute atomic E-state index is 0.141. The SMILES string of the molecule is CCc1c(CC(=O)Nn2c(C)ccc2C)c(CC)c(CC(=O)Nn2c(C)ccc2C)c(CC)c1CC(=O)Nn1c(C)ccc1C. The molecule has 0 fully saturated rings. The maximum absolute atomic E-state index is 13.6. The van der Waals surface area contributed by atoms with Gasteiger partial charge in [-0.2, -0.15) is 0 Å². The number of benzene rings is 1. The molecule has 0 aliphatic rings. The van der Waals surface area contributed by atoms with Crippen molar-refractivity contribution in [3.8, 4) is 0 Å². The predicted molar refractivity (Wildman–Crippen MR) is 181 cm³/mol. The van der Waals surface area contributed by atoms with E-state index in [1.165, 1.54) is 0 Å². The van der Waals surface area contributed by atoms with Crippen molar-refractivity contribution in [3.63, 3.8) is 0 Å². The van der Waals surface area contributed by atoms with Crippen LogP contribution in [-0.2, 0) is 52.9 Å². The Bertz CT molecular complexity index is 1460. The van der Waals surface area contributed by atoms with Crippen molar-refractivity contribution >= 4 is 17.7 Å². The van der Waals surface area contributed by atoms with Gasteiger partial charge in [-0.25, -0.2) is 0 Å². The van der Waals surface area contributed by atoms with Crippen LogP contribution in [0.4, 0.5) is 0 Å². The molecule has 0 unspecified atom stereocenters. The molecule has 0 saturated heterocycles. The maximum atomic E-state index is 13.6. The van der Waals surface area contributed by atoms with Crippen molar-refractivity contribution in [2.75, 3.05) is 16.3 Å². The van der Waals surface area contributed by atoms with Crippen LogP contribution in [0.15, 0.2) is 36.4 Å². The van der Waals surface area contributed by atoms with E-state index in [1.807, 2.05) is 77.9 Å². The largest absolute Gasteiger partial charge is 0.273 e. The van der Waals surface area contributed by atoms with Gasteiger partial charge in [0, 0.05) is 34.2 Å². The summed E-state index contributed by atoms with van der Waals surface area (Å²) >= 11 is 0. The van der Waals surface area contributed by atoms with Crippen LogP contribution in [0.5, 0.6) is 0 Å². The highest BCUT2D eigenvalue weighted by Crippen LogP contribution is 2.32. The highest BCUT2D eigenvalue weighted by molar-refractivity contribution is 5.90. The molecule has 0 spiro atoms. The first kappa shape index (κ1) is 33.4. The van der Waals surface area contributed by atoms with Gasteiger partial charge in [0.1, 0.15) is 0 Å². The first-order chi connectivity index (χ1) is 21.4. The molecule has 0 saturated carbocycles. The zero-order valence-corrected chi connectivity index (χ0v) is 28.3. The van der Waals surface area contributed by atoms with E-state index in [4.69, 9.17) is 0 Å². The van der Waals surface area contributed by atoms with Gasteiger partial charge in [-0.1, -0.05) is 20.8 Å². The van der Waals surface area contributed by atoms with Crippen LogP contribution in [0.2, 0.25) is 0 Å². The number of rotatable bonds is 12. The molecule has 9 nitrogen and oxygen atoms in total. The molecule has 3 aromatic heterocycles. The van der Waals surface area contributed by atoms with Gasteiger partial charge in [0.05, 0.1) is 19.3 Å². The predicted octanol–water partition coefficient (Wildman–Crippen LogP) is 5.57. The second-order valence-corrected chi connectivity index (χ2v) is 11.9. The normalized spacial score (nSPS) is 11.1. The van der Waals surface area contributed by atoms with Gasteiger partial charge >= 0.3 is 0 Å². The summed E-state index contributed by atoms with van der Waals surface area (Å²) in [7, 11) is 0. The van der Waals surface area contributed by atoms with Crippen LogP contribution < -0.4 is 16.3 Å². The lowest BCUT2D eigenvalue weighted by atomic mass is 9.80. The number of carbonyl (C=O) groups is 3. The van der Waals surface area contributed by atoms with Gasteiger partial charge in [-0.3, -0.25) is 44.7 Å². The highest BCUT2D eigenvalue weighted by atomic mass is 16.2. The molecule has 0 aliphatic carbocycles. The number of nitrogens with one attached hydrogen (secondary N) is 3. The van der Waals surface area contributed by atoms with Crippen molar-refractivity contribution in [3.05, 3.63) is 104 Å². The van der Waals surface area contributed by atoms with Crippen molar-refractivity contribution in [2.24, 2.45) is 0 Å². The van der Waals surface area contributed by atoms with Crippen molar-refractivity contribution in [2.45, 2.75) is 101 Å². The quantitative estimate of drug-likeness (QED) is 0.195. The van der Waals surface area contributed by atoms with Crippen molar-refractivity contribution in [1.29, 1.82) is 0 Å². The Morgan fingerprint density at radius 2 is 0.622 bits per heavy atom. The van der Waals surface area contributed by atoms with E-state index < -0.39 is 0 Å². The van der Waals surface area contributed by atoms with E-state index in [-0.39, 0.29) is 37.0 Å². The third-order valence-corrected chi connectivity index (χ3v) is 8.78. The molecule has 45 heavy (non-hydrogen) atoms. The third-order valence-electron chi connectivity index (χ3n) is 8.78. The second kappa shape index (κ2) is 14.1. The van der Waals surface area contributed by atoms with E-state index in [0.717, 1.165) is 67.5 Å². The number of nitrogens with zero attached hydrogens (tertiary/aromatic N) is 3. The number of amides is 3. The summed E-state index contributed by atoms with van der Waals surface area (Å²) in [5, 5.41) is 0. The summed E-state index contributed by atoms with van der Waals surface area (Å²) < 4.78 is 5.39. The molecule has 9 heteroatoms. The van der Waals surface area contributed by atoms with Crippen molar-refractivity contribution < 1.29 is 14.4 Å². The standard InChI is InChI=1S/C36H48N6O3/c1-10-28-31(19-34(43)37-40-22(4)13-14-23(40)5)29(11-2)33(21-36(45)39-42-26(8)17-18-27(42)9)30(12-3)32(28)20-35(44)38-41-24(6)15-16-25(41)7/h13-18H,10-12,19-21H2,1-9H3,(H,37,43)(H,38,44)(H,39,45). The number of aryl methyl sites for hydroxylation is 6. The molecular weight excluding hydrogens is 564 g/mol. The summed E-state index contributed by atoms with van der Waals surface area (Å²) in [5.41, 5.74) is 20.6. The highest BCUT2D eigenvalue weighted by Gasteiger charge is 2.26. The van der Waals surface area contributed by atoms with Gasteiger partial charge < -0.3 is 0 Å². The summed E-state index contributed by atoms with van der Waals surface area (Å²) in [6.45, 7) is 17.9. The lowest BCUT2D eigenvalue weighted by Crippen LogP contribution is -2.30. The monoisotopic (exact) mass is 612 g/mol. The molecule has 3 heterocycles. The number of aromatic nitrogens is 3. The number of carbonyl (C=O) groups excluding carboxylic acids is 3. The number of hydrogen-bond donors (Lipinski definition) is 3. The van der Waals surface area contributed by atoms with Gasteiger partial charge in [-0.15, -0.1) is 0 Å². The summed E-state index contributed by atoms with van der Waals surface area (Å²) in [5.74, 6) is -0.433. The zero-order chi connectivity index (χ0) is 33.0. The van der Waals surface area contributed by atoms with Crippen LogP contribution in [0.1, 0.15) is 88.3 Å². The summed E-state index contributed by atoms with van der Waals surface area (Å²) in [6.07, 6.45) is 2.39. The Hall–Kier alpha value is -4.53. The fraction of sp³-hybridized carbons (Fsp3) is 0.417. The average Bonchev–Trinajstić information content (AvgIpc) is 3.60. The van der Waals surface area contributed by atoms with E-state index in [2.05, 4.69) is 37.0 Å². The first-order valence-corrected chi connectivity index (χ1v) is 15.9. The minimum atomic E-state index is -0.144. The van der Waals surface area contributed by atoms with Crippen molar-refractivity contribution in [1.82, 2.24) is 14.0 Å². The van der Waals surface area contributed by atoms with E-state index in [9.17, 15) is 14.4 Å². The molecular formula is C36H48N6O3.